The number of likely N-dealkylation sites (N-methyl/N-ethyl adjacent to an activating group) is 1. The SMILES string of the molecule is CCC(C)N(C)CCN1C(=O)C(CC(C)C)NC1C(C)C. The van der Waals surface area contributed by atoms with E-state index in [9.17, 15) is 4.79 Å². The molecule has 1 saturated heterocycles. The summed E-state index contributed by atoms with van der Waals surface area (Å²) in [5.74, 6) is 1.28. The van der Waals surface area contributed by atoms with Gasteiger partial charge in [0.25, 0.3) is 0 Å². The lowest BCUT2D eigenvalue weighted by Crippen LogP contribution is -2.45. The van der Waals surface area contributed by atoms with Crippen LogP contribution in [0.3, 0.4) is 0 Å². The third-order valence-electron chi connectivity index (χ3n) is 4.66. The van der Waals surface area contributed by atoms with Gasteiger partial charge in [-0.15, -0.1) is 0 Å². The minimum Gasteiger partial charge on any atom is -0.324 e. The van der Waals surface area contributed by atoms with Gasteiger partial charge in [-0.05, 0) is 38.6 Å². The Morgan fingerprint density at radius 2 is 1.86 bits per heavy atom. The molecule has 3 unspecified atom stereocenters. The quantitative estimate of drug-likeness (QED) is 0.748. The van der Waals surface area contributed by atoms with Crippen LogP contribution in [0, 0.1) is 11.8 Å². The first-order chi connectivity index (χ1) is 9.77. The van der Waals surface area contributed by atoms with Crippen molar-refractivity contribution in [2.75, 3.05) is 20.1 Å². The second kappa shape index (κ2) is 8.14. The van der Waals surface area contributed by atoms with E-state index in [2.05, 4.69) is 63.7 Å². The maximum Gasteiger partial charge on any atom is 0.241 e. The molecule has 21 heavy (non-hydrogen) atoms. The molecule has 0 saturated carbocycles. The van der Waals surface area contributed by atoms with E-state index < -0.39 is 0 Å². The van der Waals surface area contributed by atoms with E-state index in [-0.39, 0.29) is 12.2 Å². The van der Waals surface area contributed by atoms with Crippen molar-refractivity contribution >= 4 is 5.91 Å². The van der Waals surface area contributed by atoms with Crippen molar-refractivity contribution in [2.24, 2.45) is 11.8 Å². The van der Waals surface area contributed by atoms with Gasteiger partial charge in [0.2, 0.25) is 5.91 Å². The summed E-state index contributed by atoms with van der Waals surface area (Å²) in [5.41, 5.74) is 0. The molecule has 0 aromatic carbocycles. The highest BCUT2D eigenvalue weighted by Crippen LogP contribution is 2.21. The minimum atomic E-state index is 0.00584. The Bertz CT molecular complexity index is 330. The highest BCUT2D eigenvalue weighted by Gasteiger charge is 2.39. The van der Waals surface area contributed by atoms with Crippen LogP contribution in [-0.2, 0) is 4.79 Å². The summed E-state index contributed by atoms with van der Waals surface area (Å²) < 4.78 is 0. The Balaban J connectivity index is 2.66. The zero-order chi connectivity index (χ0) is 16.2. The van der Waals surface area contributed by atoms with Gasteiger partial charge >= 0.3 is 0 Å². The maximum absolute atomic E-state index is 12.7. The number of hydrogen-bond donors (Lipinski definition) is 1. The van der Waals surface area contributed by atoms with E-state index in [1.165, 1.54) is 0 Å². The summed E-state index contributed by atoms with van der Waals surface area (Å²) in [7, 11) is 2.15. The number of hydrogen-bond acceptors (Lipinski definition) is 3. The van der Waals surface area contributed by atoms with Gasteiger partial charge < -0.3 is 9.80 Å². The molecule has 3 atom stereocenters. The van der Waals surface area contributed by atoms with Crippen LogP contribution in [0.1, 0.15) is 54.4 Å². The summed E-state index contributed by atoms with van der Waals surface area (Å²) in [6, 6.07) is 0.575. The predicted molar refractivity (Wildman–Crippen MR) is 89.1 cm³/mol. The van der Waals surface area contributed by atoms with E-state index in [0.717, 1.165) is 25.9 Å². The van der Waals surface area contributed by atoms with Crippen LogP contribution in [0.5, 0.6) is 0 Å². The van der Waals surface area contributed by atoms with Gasteiger partial charge in [-0.3, -0.25) is 10.1 Å². The molecule has 0 radical (unpaired) electrons. The molecule has 0 bridgehead atoms. The average molecular weight is 297 g/mol. The Kier molecular flexibility index (Phi) is 7.14. The molecule has 1 N–H and O–H groups in total. The Hall–Kier alpha value is -0.610. The number of carbonyl (C=O) groups excluding carboxylic acids is 1. The zero-order valence-corrected chi connectivity index (χ0v) is 15.0. The lowest BCUT2D eigenvalue weighted by Gasteiger charge is -2.31. The largest absolute Gasteiger partial charge is 0.324 e. The molecule has 1 amide bonds. The Labute approximate surface area is 131 Å². The minimum absolute atomic E-state index is 0.00584. The second-order valence-corrected chi connectivity index (χ2v) is 7.31. The topological polar surface area (TPSA) is 35.6 Å². The third kappa shape index (κ3) is 4.96. The van der Waals surface area contributed by atoms with Crippen LogP contribution in [0.15, 0.2) is 0 Å². The van der Waals surface area contributed by atoms with Crippen molar-refractivity contribution in [2.45, 2.75) is 72.6 Å². The van der Waals surface area contributed by atoms with Crippen LogP contribution in [0.4, 0.5) is 0 Å². The van der Waals surface area contributed by atoms with Gasteiger partial charge in [0.15, 0.2) is 0 Å². The summed E-state index contributed by atoms with van der Waals surface area (Å²) in [6.07, 6.45) is 2.26. The summed E-state index contributed by atoms with van der Waals surface area (Å²) >= 11 is 0. The van der Waals surface area contributed by atoms with E-state index in [1.54, 1.807) is 0 Å². The first-order valence-corrected chi connectivity index (χ1v) is 8.54. The molecule has 124 valence electrons. The van der Waals surface area contributed by atoms with Gasteiger partial charge in [0.05, 0.1) is 12.2 Å². The van der Waals surface area contributed by atoms with E-state index in [1.807, 2.05) is 0 Å². The molecule has 1 aliphatic rings. The number of rotatable bonds is 8. The molecule has 1 heterocycles. The van der Waals surface area contributed by atoms with Gasteiger partial charge in [0.1, 0.15) is 0 Å². The van der Waals surface area contributed by atoms with E-state index >= 15 is 0 Å². The van der Waals surface area contributed by atoms with Crippen LogP contribution in [0.25, 0.3) is 0 Å². The first kappa shape index (κ1) is 18.4. The lowest BCUT2D eigenvalue weighted by molar-refractivity contribution is -0.131. The fourth-order valence-electron chi connectivity index (χ4n) is 2.94. The molecular formula is C17H35N3O. The highest BCUT2D eigenvalue weighted by atomic mass is 16.2. The monoisotopic (exact) mass is 297 g/mol. The maximum atomic E-state index is 12.7. The van der Waals surface area contributed by atoms with Crippen LogP contribution >= 0.6 is 0 Å². The third-order valence-corrected chi connectivity index (χ3v) is 4.66. The van der Waals surface area contributed by atoms with Crippen LogP contribution < -0.4 is 5.32 Å². The average Bonchev–Trinajstić information content (AvgIpc) is 2.71. The van der Waals surface area contributed by atoms with Crippen molar-refractivity contribution in [3.05, 3.63) is 0 Å². The summed E-state index contributed by atoms with van der Waals surface area (Å²) in [4.78, 5) is 17.1. The van der Waals surface area contributed by atoms with Gasteiger partial charge in [0, 0.05) is 19.1 Å². The van der Waals surface area contributed by atoms with Crippen molar-refractivity contribution in [3.8, 4) is 0 Å². The smallest absolute Gasteiger partial charge is 0.241 e. The number of amides is 1. The first-order valence-electron chi connectivity index (χ1n) is 8.54. The fourth-order valence-corrected chi connectivity index (χ4v) is 2.94. The van der Waals surface area contributed by atoms with Crippen molar-refractivity contribution in [1.82, 2.24) is 15.1 Å². The molecule has 4 heteroatoms. The van der Waals surface area contributed by atoms with Crippen molar-refractivity contribution in [1.29, 1.82) is 0 Å². The molecule has 1 aliphatic heterocycles. The summed E-state index contributed by atoms with van der Waals surface area (Å²) in [6.45, 7) is 15.0. The Morgan fingerprint density at radius 1 is 1.24 bits per heavy atom. The molecule has 0 aliphatic carbocycles. The number of nitrogens with one attached hydrogen (secondary N) is 1. The standard InChI is InChI=1S/C17H35N3O/c1-8-14(6)19(7)9-10-20-16(13(4)5)18-15(17(20)21)11-12(2)3/h12-16,18H,8-11H2,1-7H3. The zero-order valence-electron chi connectivity index (χ0n) is 15.0. The van der Waals surface area contributed by atoms with Crippen molar-refractivity contribution < 1.29 is 4.79 Å². The van der Waals surface area contributed by atoms with E-state index in [0.29, 0.717) is 23.8 Å². The number of nitrogens with zero attached hydrogens (tertiary/aromatic N) is 2. The normalized spacial score (nSPS) is 24.7. The second-order valence-electron chi connectivity index (χ2n) is 7.31. The highest BCUT2D eigenvalue weighted by molar-refractivity contribution is 5.84. The summed E-state index contributed by atoms with van der Waals surface area (Å²) in [5, 5.41) is 3.55. The molecule has 4 nitrogen and oxygen atoms in total. The molecule has 1 rings (SSSR count). The van der Waals surface area contributed by atoms with Crippen LogP contribution in [-0.4, -0.2) is 54.1 Å². The fraction of sp³-hybridized carbons (Fsp3) is 0.941. The molecule has 1 fully saturated rings. The predicted octanol–water partition coefficient (Wildman–Crippen LogP) is 2.55. The molecule has 0 aromatic heterocycles. The van der Waals surface area contributed by atoms with Gasteiger partial charge in [-0.25, -0.2) is 0 Å². The van der Waals surface area contributed by atoms with E-state index in [4.69, 9.17) is 0 Å². The molecule has 0 aromatic rings. The van der Waals surface area contributed by atoms with Crippen molar-refractivity contribution in [3.63, 3.8) is 0 Å². The van der Waals surface area contributed by atoms with Gasteiger partial charge in [-0.2, -0.15) is 0 Å². The van der Waals surface area contributed by atoms with Crippen LogP contribution in [0.2, 0.25) is 0 Å². The Morgan fingerprint density at radius 3 is 2.33 bits per heavy atom. The lowest BCUT2D eigenvalue weighted by atomic mass is 10.0. The molecule has 0 spiro atoms. The number of carbonyl (C=O) groups is 1. The molecular weight excluding hydrogens is 262 g/mol. The van der Waals surface area contributed by atoms with Gasteiger partial charge in [-0.1, -0.05) is 34.6 Å².